The molecule has 0 heterocycles. The van der Waals surface area contributed by atoms with Crippen LogP contribution in [0.2, 0.25) is 0 Å². The fraction of sp³-hybridized carbons (Fsp3) is 0.588. The van der Waals surface area contributed by atoms with Crippen molar-refractivity contribution in [3.05, 3.63) is 22.9 Å². The second kappa shape index (κ2) is 5.63. The van der Waals surface area contributed by atoms with E-state index in [2.05, 4.69) is 38.1 Å². The number of hydrogen-bond donors (Lipinski definition) is 1. The van der Waals surface area contributed by atoms with Gasteiger partial charge < -0.3 is 5.73 Å². The average Bonchev–Trinajstić information content (AvgIpc) is 2.48. The van der Waals surface area contributed by atoms with Gasteiger partial charge in [-0.05, 0) is 43.1 Å². The summed E-state index contributed by atoms with van der Waals surface area (Å²) < 4.78 is 0. The van der Waals surface area contributed by atoms with Gasteiger partial charge in [-0.3, -0.25) is 0 Å². The van der Waals surface area contributed by atoms with Gasteiger partial charge in [0.25, 0.3) is 0 Å². The molecular formula is C17H20N4. The third-order valence-corrected chi connectivity index (χ3v) is 4.70. The zero-order valence-electron chi connectivity index (χ0n) is 12.6. The fourth-order valence-electron chi connectivity index (χ4n) is 3.75. The van der Waals surface area contributed by atoms with Crippen LogP contribution in [0.3, 0.4) is 0 Å². The molecule has 2 N–H and O–H groups in total. The minimum Gasteiger partial charge on any atom is -0.399 e. The predicted octanol–water partition coefficient (Wildman–Crippen LogP) is 3.16. The van der Waals surface area contributed by atoms with E-state index >= 15 is 0 Å². The molecule has 4 heteroatoms. The number of fused-ring (bicyclic) bond motifs is 1. The van der Waals surface area contributed by atoms with Crippen LogP contribution in [0.15, 0.2) is 22.9 Å². The van der Waals surface area contributed by atoms with Crippen LogP contribution < -0.4 is 5.73 Å². The molecule has 0 saturated carbocycles. The summed E-state index contributed by atoms with van der Waals surface area (Å²) in [7, 11) is 0. The normalized spacial score (nSPS) is 27.1. The van der Waals surface area contributed by atoms with Crippen LogP contribution >= 0.6 is 0 Å². The van der Waals surface area contributed by atoms with E-state index in [-0.39, 0.29) is 17.5 Å². The molecule has 21 heavy (non-hydrogen) atoms. The number of nitrogens with two attached hydrogens (primary N) is 1. The number of rotatable bonds is 2. The maximum absolute atomic E-state index is 9.68. The molecule has 0 aromatic rings. The lowest BCUT2D eigenvalue weighted by Crippen LogP contribution is -2.44. The highest BCUT2D eigenvalue weighted by Crippen LogP contribution is 2.53. The van der Waals surface area contributed by atoms with E-state index in [0.29, 0.717) is 11.5 Å². The molecule has 0 aromatic carbocycles. The zero-order valence-corrected chi connectivity index (χ0v) is 12.6. The van der Waals surface area contributed by atoms with Crippen LogP contribution in [0.4, 0.5) is 0 Å². The first-order valence-electron chi connectivity index (χ1n) is 7.45. The van der Waals surface area contributed by atoms with Gasteiger partial charge in [-0.15, -0.1) is 0 Å². The molecule has 0 aliphatic heterocycles. The molecule has 2 rings (SSSR count). The molecule has 0 aromatic heterocycles. The van der Waals surface area contributed by atoms with Crippen molar-refractivity contribution in [2.45, 2.75) is 39.5 Å². The third-order valence-electron chi connectivity index (χ3n) is 4.70. The standard InChI is InChI=1S/C17H20N4/c1-11(2)7-15-13-6-4-3-5-12(13)14(8-18)16(21)17(15,9-19)10-20/h5,11,13,15H,3-4,6-7,21H2,1-2H3/t13-,15+/m1/s1. The van der Waals surface area contributed by atoms with Gasteiger partial charge in [-0.25, -0.2) is 0 Å². The first-order chi connectivity index (χ1) is 10.0. The molecule has 2 aliphatic carbocycles. The van der Waals surface area contributed by atoms with Crippen LogP contribution in [0, 0.1) is 57.2 Å². The van der Waals surface area contributed by atoms with Crippen molar-refractivity contribution in [3.63, 3.8) is 0 Å². The van der Waals surface area contributed by atoms with Crippen molar-refractivity contribution in [3.8, 4) is 18.2 Å². The van der Waals surface area contributed by atoms with Gasteiger partial charge in [-0.1, -0.05) is 19.9 Å². The summed E-state index contributed by atoms with van der Waals surface area (Å²) in [5.74, 6) is 0.342. The lowest BCUT2D eigenvalue weighted by molar-refractivity contribution is 0.199. The summed E-state index contributed by atoms with van der Waals surface area (Å²) in [6.45, 7) is 4.18. The van der Waals surface area contributed by atoms with Crippen LogP contribution in [0.1, 0.15) is 39.5 Å². The maximum Gasteiger partial charge on any atom is 0.187 e. The minimum absolute atomic E-state index is 0.0994. The van der Waals surface area contributed by atoms with E-state index in [1.54, 1.807) is 0 Å². The van der Waals surface area contributed by atoms with Gasteiger partial charge in [0.05, 0.1) is 23.4 Å². The smallest absolute Gasteiger partial charge is 0.187 e. The Morgan fingerprint density at radius 3 is 2.52 bits per heavy atom. The molecule has 2 atom stereocenters. The van der Waals surface area contributed by atoms with E-state index < -0.39 is 5.41 Å². The summed E-state index contributed by atoms with van der Waals surface area (Å²) >= 11 is 0. The Balaban J connectivity index is 2.70. The molecule has 0 radical (unpaired) electrons. The monoisotopic (exact) mass is 280 g/mol. The van der Waals surface area contributed by atoms with Crippen LogP contribution in [-0.2, 0) is 0 Å². The van der Waals surface area contributed by atoms with Gasteiger partial charge in [0.1, 0.15) is 6.07 Å². The van der Waals surface area contributed by atoms with Gasteiger partial charge in [0.15, 0.2) is 5.41 Å². The number of nitriles is 3. The average molecular weight is 280 g/mol. The summed E-state index contributed by atoms with van der Waals surface area (Å²) in [4.78, 5) is 0. The molecule has 0 saturated heterocycles. The second-order valence-corrected chi connectivity index (χ2v) is 6.37. The van der Waals surface area contributed by atoms with Gasteiger partial charge >= 0.3 is 0 Å². The van der Waals surface area contributed by atoms with Crippen LogP contribution in [-0.4, -0.2) is 0 Å². The van der Waals surface area contributed by atoms with Crippen LogP contribution in [0.25, 0.3) is 0 Å². The Labute approximate surface area is 126 Å². The molecule has 0 unspecified atom stereocenters. The molecule has 108 valence electrons. The fourth-order valence-corrected chi connectivity index (χ4v) is 3.75. The van der Waals surface area contributed by atoms with Crippen molar-refractivity contribution >= 4 is 0 Å². The molecule has 2 aliphatic rings. The Hall–Kier alpha value is -2.25. The lowest BCUT2D eigenvalue weighted by atomic mass is 9.57. The summed E-state index contributed by atoms with van der Waals surface area (Å²) in [5, 5.41) is 28.8. The SMILES string of the molecule is CC(C)C[C@H]1[C@@H]2CCCC=C2C(C#N)=C(N)C1(C#N)C#N. The molecule has 4 nitrogen and oxygen atoms in total. The Morgan fingerprint density at radius 2 is 2.00 bits per heavy atom. The Bertz CT molecular complexity index is 605. The highest BCUT2D eigenvalue weighted by atomic mass is 14.7. The molecular weight excluding hydrogens is 260 g/mol. The highest BCUT2D eigenvalue weighted by Gasteiger charge is 2.52. The van der Waals surface area contributed by atoms with Crippen molar-refractivity contribution in [2.75, 3.05) is 0 Å². The quantitative estimate of drug-likeness (QED) is 0.840. The van der Waals surface area contributed by atoms with Gasteiger partial charge in [-0.2, -0.15) is 15.8 Å². The maximum atomic E-state index is 9.68. The first kappa shape index (κ1) is 15.1. The van der Waals surface area contributed by atoms with E-state index in [1.165, 1.54) is 0 Å². The van der Waals surface area contributed by atoms with Crippen molar-refractivity contribution in [1.29, 1.82) is 15.8 Å². The topological polar surface area (TPSA) is 97.4 Å². The van der Waals surface area contributed by atoms with E-state index in [1.807, 2.05) is 0 Å². The van der Waals surface area contributed by atoms with Crippen molar-refractivity contribution in [1.82, 2.24) is 0 Å². The first-order valence-corrected chi connectivity index (χ1v) is 7.45. The van der Waals surface area contributed by atoms with Crippen molar-refractivity contribution < 1.29 is 0 Å². The minimum atomic E-state index is -1.37. The Morgan fingerprint density at radius 1 is 1.33 bits per heavy atom. The van der Waals surface area contributed by atoms with E-state index in [0.717, 1.165) is 31.3 Å². The van der Waals surface area contributed by atoms with E-state index in [9.17, 15) is 15.8 Å². The van der Waals surface area contributed by atoms with Gasteiger partial charge in [0.2, 0.25) is 0 Å². The third kappa shape index (κ3) is 2.20. The number of nitrogens with zero attached hydrogens (tertiary/aromatic N) is 3. The largest absolute Gasteiger partial charge is 0.399 e. The number of hydrogen-bond acceptors (Lipinski definition) is 4. The molecule has 0 spiro atoms. The molecule has 0 bridgehead atoms. The van der Waals surface area contributed by atoms with Gasteiger partial charge in [0, 0.05) is 5.92 Å². The molecule has 0 amide bonds. The summed E-state index contributed by atoms with van der Waals surface area (Å²) in [6, 6.07) is 6.43. The highest BCUT2D eigenvalue weighted by molar-refractivity contribution is 5.56. The second-order valence-electron chi connectivity index (χ2n) is 6.37. The summed E-state index contributed by atoms with van der Waals surface area (Å²) in [5.41, 5.74) is 6.25. The van der Waals surface area contributed by atoms with E-state index in [4.69, 9.17) is 5.73 Å². The molecule has 0 fully saturated rings. The predicted molar refractivity (Wildman–Crippen MR) is 78.9 cm³/mol. The summed E-state index contributed by atoms with van der Waals surface area (Å²) in [6.07, 6.45) is 5.74. The number of allylic oxidation sites excluding steroid dienone is 4. The lowest BCUT2D eigenvalue weighted by Gasteiger charge is -2.43. The zero-order chi connectivity index (χ0) is 15.6. The van der Waals surface area contributed by atoms with Crippen LogP contribution in [0.5, 0.6) is 0 Å². The Kier molecular flexibility index (Phi) is 4.06. The van der Waals surface area contributed by atoms with Crippen molar-refractivity contribution in [2.24, 2.45) is 28.9 Å².